The van der Waals surface area contributed by atoms with Crippen molar-refractivity contribution in [3.05, 3.63) is 52.7 Å². The predicted octanol–water partition coefficient (Wildman–Crippen LogP) is 0.474. The Bertz CT molecular complexity index is 1360. The maximum absolute atomic E-state index is 13.2. The third kappa shape index (κ3) is 4.28. The lowest BCUT2D eigenvalue weighted by atomic mass is 9.91. The molecule has 11 heteroatoms. The van der Waals surface area contributed by atoms with Gasteiger partial charge in [-0.05, 0) is 49.9 Å². The molecule has 0 bridgehead atoms. The first kappa shape index (κ1) is 22.9. The maximum atomic E-state index is 13.2. The average Bonchev–Trinajstić information content (AvgIpc) is 3.62. The minimum Gasteiger partial charge on any atom is -0.388 e. The van der Waals surface area contributed by atoms with Gasteiger partial charge in [0.1, 0.15) is 11.7 Å². The van der Waals surface area contributed by atoms with E-state index in [-0.39, 0.29) is 35.9 Å². The van der Waals surface area contributed by atoms with E-state index in [0.717, 1.165) is 12.8 Å². The predicted molar refractivity (Wildman–Crippen MR) is 129 cm³/mol. The highest BCUT2D eigenvalue weighted by atomic mass is 16.5. The number of hydrogen-bond acceptors (Lipinski definition) is 7. The summed E-state index contributed by atoms with van der Waals surface area (Å²) < 4.78 is 8.06. The zero-order valence-corrected chi connectivity index (χ0v) is 19.8. The fraction of sp³-hybridized carbons (Fsp3) is 0.480. The van der Waals surface area contributed by atoms with Crippen molar-refractivity contribution in [3.8, 4) is 5.69 Å². The normalized spacial score (nSPS) is 19.8. The van der Waals surface area contributed by atoms with Crippen LogP contribution < -0.4 is 10.9 Å². The molecule has 1 aliphatic carbocycles. The van der Waals surface area contributed by atoms with Crippen LogP contribution in [0.25, 0.3) is 16.7 Å². The van der Waals surface area contributed by atoms with Crippen LogP contribution in [0.3, 0.4) is 0 Å². The van der Waals surface area contributed by atoms with Crippen molar-refractivity contribution in [1.82, 2.24) is 29.5 Å². The molecule has 0 radical (unpaired) electrons. The smallest absolute Gasteiger partial charge is 0.264 e. The Morgan fingerprint density at radius 1 is 1.14 bits per heavy atom. The fourth-order valence-electron chi connectivity index (χ4n) is 4.80. The molecule has 3 fully saturated rings. The Morgan fingerprint density at radius 2 is 1.86 bits per heavy atom. The Hall–Kier alpha value is -3.57. The van der Waals surface area contributed by atoms with E-state index >= 15 is 0 Å². The van der Waals surface area contributed by atoms with E-state index < -0.39 is 5.60 Å². The van der Waals surface area contributed by atoms with Gasteiger partial charge in [-0.1, -0.05) is 0 Å². The number of aliphatic hydroxyl groups is 1. The number of aromatic nitrogens is 4. The number of benzene rings is 1. The van der Waals surface area contributed by atoms with Crippen molar-refractivity contribution in [2.45, 2.75) is 43.9 Å². The SMILES string of the molecule is O=C(NC1COC1)c1ccc(-n2ncc3c(=O)n(CC4(O)CCN(C(=O)C5CC5)CC4)cnc32)cc1. The van der Waals surface area contributed by atoms with E-state index in [9.17, 15) is 19.5 Å². The topological polar surface area (TPSA) is 132 Å². The molecule has 2 saturated heterocycles. The van der Waals surface area contributed by atoms with Gasteiger partial charge in [-0.3, -0.25) is 19.0 Å². The first-order valence-electron chi connectivity index (χ1n) is 12.3. The number of rotatable bonds is 6. The summed E-state index contributed by atoms with van der Waals surface area (Å²) in [5.74, 6) is 0.186. The number of nitrogens with zero attached hydrogens (tertiary/aromatic N) is 5. The van der Waals surface area contributed by atoms with Crippen LogP contribution in [0.1, 0.15) is 36.0 Å². The van der Waals surface area contributed by atoms with Crippen molar-refractivity contribution in [2.24, 2.45) is 5.92 Å². The third-order valence-electron chi connectivity index (χ3n) is 7.30. The minimum atomic E-state index is -1.07. The van der Waals surface area contributed by atoms with Crippen LogP contribution in [-0.2, 0) is 16.1 Å². The number of hydrogen-bond donors (Lipinski definition) is 2. The van der Waals surface area contributed by atoms with Crippen LogP contribution in [0.4, 0.5) is 0 Å². The van der Waals surface area contributed by atoms with Gasteiger partial charge in [0.2, 0.25) is 5.91 Å². The number of carbonyl (C=O) groups excluding carboxylic acids is 2. The summed E-state index contributed by atoms with van der Waals surface area (Å²) in [4.78, 5) is 44.1. The Labute approximate surface area is 206 Å². The first-order valence-corrected chi connectivity index (χ1v) is 12.3. The number of carbonyl (C=O) groups is 2. The molecule has 4 heterocycles. The van der Waals surface area contributed by atoms with Crippen LogP contribution in [-0.4, -0.2) is 79.1 Å². The van der Waals surface area contributed by atoms with Crippen LogP contribution in [0.2, 0.25) is 0 Å². The maximum Gasteiger partial charge on any atom is 0.264 e. The summed E-state index contributed by atoms with van der Waals surface area (Å²) in [5, 5.41) is 18.7. The Balaban J connectivity index is 1.17. The second-order valence-electron chi connectivity index (χ2n) is 10.0. The molecule has 36 heavy (non-hydrogen) atoms. The molecule has 2 aromatic heterocycles. The van der Waals surface area contributed by atoms with Gasteiger partial charge >= 0.3 is 0 Å². The zero-order valence-electron chi connectivity index (χ0n) is 19.8. The van der Waals surface area contributed by atoms with Crippen molar-refractivity contribution in [1.29, 1.82) is 0 Å². The highest BCUT2D eigenvalue weighted by Gasteiger charge is 2.39. The van der Waals surface area contributed by atoms with Crippen LogP contribution in [0.15, 0.2) is 41.6 Å². The van der Waals surface area contributed by atoms with Crippen LogP contribution in [0.5, 0.6) is 0 Å². The monoisotopic (exact) mass is 492 g/mol. The van der Waals surface area contributed by atoms with Gasteiger partial charge < -0.3 is 20.1 Å². The Morgan fingerprint density at radius 3 is 2.50 bits per heavy atom. The molecule has 6 rings (SSSR count). The first-order chi connectivity index (χ1) is 17.4. The number of piperidine rings is 1. The van der Waals surface area contributed by atoms with Gasteiger partial charge in [0.05, 0.1) is 43.3 Å². The standard InChI is InChI=1S/C25H28N6O5/c32-22(28-18-12-36-13-18)16-3-5-19(6-4-16)31-21-20(11-27-31)24(34)30(15-26-21)14-25(35)7-9-29(10-8-25)23(33)17-1-2-17/h3-6,11,15,17-18,35H,1-2,7-10,12-14H2,(H,28,32). The molecule has 0 spiro atoms. The molecule has 2 N–H and O–H groups in total. The fourth-order valence-corrected chi connectivity index (χ4v) is 4.80. The molecule has 0 atom stereocenters. The van der Waals surface area contributed by atoms with Gasteiger partial charge in [0.15, 0.2) is 5.65 Å². The summed E-state index contributed by atoms with van der Waals surface area (Å²) in [5.41, 5.74) is 0.240. The van der Waals surface area contributed by atoms with Crippen molar-refractivity contribution in [3.63, 3.8) is 0 Å². The van der Waals surface area contributed by atoms with E-state index in [4.69, 9.17) is 4.74 Å². The summed E-state index contributed by atoms with van der Waals surface area (Å²) in [7, 11) is 0. The van der Waals surface area contributed by atoms with Gasteiger partial charge in [-0.15, -0.1) is 0 Å². The number of nitrogens with one attached hydrogen (secondary N) is 1. The molecular weight excluding hydrogens is 464 g/mol. The van der Waals surface area contributed by atoms with E-state index in [1.54, 1.807) is 28.9 Å². The van der Waals surface area contributed by atoms with Gasteiger partial charge in [0, 0.05) is 24.6 Å². The summed E-state index contributed by atoms with van der Waals surface area (Å²) in [6, 6.07) is 6.97. The summed E-state index contributed by atoms with van der Waals surface area (Å²) in [6.45, 7) is 2.17. The van der Waals surface area contributed by atoms with Gasteiger partial charge in [-0.25, -0.2) is 9.67 Å². The van der Waals surface area contributed by atoms with E-state index in [1.165, 1.54) is 17.1 Å². The molecule has 1 aromatic carbocycles. The minimum absolute atomic E-state index is 0.0504. The van der Waals surface area contributed by atoms with E-state index in [0.29, 0.717) is 61.4 Å². The van der Waals surface area contributed by atoms with Crippen LogP contribution in [0, 0.1) is 5.92 Å². The number of likely N-dealkylation sites (tertiary alicyclic amines) is 1. The molecule has 3 aliphatic rings. The van der Waals surface area contributed by atoms with Crippen molar-refractivity contribution < 1.29 is 19.4 Å². The summed E-state index contributed by atoms with van der Waals surface area (Å²) >= 11 is 0. The molecule has 11 nitrogen and oxygen atoms in total. The van der Waals surface area contributed by atoms with Crippen LogP contribution >= 0.6 is 0 Å². The number of fused-ring (bicyclic) bond motifs is 1. The van der Waals surface area contributed by atoms with Gasteiger partial charge in [-0.2, -0.15) is 5.10 Å². The Kier molecular flexibility index (Phi) is 5.60. The lowest BCUT2D eigenvalue weighted by Crippen LogP contribution is -2.50. The molecule has 2 amide bonds. The number of amides is 2. The lowest BCUT2D eigenvalue weighted by molar-refractivity contribution is -0.137. The van der Waals surface area contributed by atoms with Crippen molar-refractivity contribution in [2.75, 3.05) is 26.3 Å². The quantitative estimate of drug-likeness (QED) is 0.511. The van der Waals surface area contributed by atoms with Crippen molar-refractivity contribution >= 4 is 22.8 Å². The average molecular weight is 493 g/mol. The highest BCUT2D eigenvalue weighted by molar-refractivity contribution is 5.94. The van der Waals surface area contributed by atoms with E-state index in [2.05, 4.69) is 15.4 Å². The molecule has 1 saturated carbocycles. The summed E-state index contributed by atoms with van der Waals surface area (Å²) in [6.07, 6.45) is 5.67. The highest BCUT2D eigenvalue weighted by Crippen LogP contribution is 2.33. The van der Waals surface area contributed by atoms with Gasteiger partial charge in [0.25, 0.3) is 11.5 Å². The molecule has 0 unspecified atom stereocenters. The largest absolute Gasteiger partial charge is 0.388 e. The second-order valence-corrected chi connectivity index (χ2v) is 10.0. The molecular formula is C25H28N6O5. The number of ether oxygens (including phenoxy) is 1. The second kappa shape index (κ2) is 8.82. The third-order valence-corrected chi connectivity index (χ3v) is 7.30. The molecule has 2 aliphatic heterocycles. The molecule has 188 valence electrons. The van der Waals surface area contributed by atoms with E-state index in [1.807, 2.05) is 4.90 Å². The lowest BCUT2D eigenvalue weighted by Gasteiger charge is -2.38. The molecule has 3 aromatic rings. The zero-order chi connectivity index (χ0) is 24.9.